The highest BCUT2D eigenvalue weighted by molar-refractivity contribution is 6.30. The predicted octanol–water partition coefficient (Wildman–Crippen LogP) is 3.41. The zero-order valence-electron chi connectivity index (χ0n) is 21.6. The third-order valence-corrected chi connectivity index (χ3v) is 7.09. The number of pyridine rings is 1. The molecule has 0 spiro atoms. The van der Waals surface area contributed by atoms with E-state index in [0.29, 0.717) is 41.8 Å². The van der Waals surface area contributed by atoms with Crippen LogP contribution in [0.25, 0.3) is 11.3 Å². The van der Waals surface area contributed by atoms with Gasteiger partial charge in [-0.25, -0.2) is 4.39 Å². The number of ether oxygens (including phenoxy) is 2. The number of nitrogens with two attached hydrogens (primary N) is 1. The van der Waals surface area contributed by atoms with Crippen molar-refractivity contribution < 1.29 is 18.7 Å². The third kappa shape index (κ3) is 6.62. The number of hydrogen-bond acceptors (Lipinski definition) is 9. The maximum Gasteiger partial charge on any atom is 0.257 e. The zero-order chi connectivity index (χ0) is 27.4. The number of carbonyl (C=O) groups excluding carboxylic acids is 1. The van der Waals surface area contributed by atoms with Crippen molar-refractivity contribution in [2.24, 2.45) is 5.73 Å². The summed E-state index contributed by atoms with van der Waals surface area (Å²) < 4.78 is 26.1. The molecule has 2 saturated heterocycles. The van der Waals surface area contributed by atoms with E-state index in [-0.39, 0.29) is 23.2 Å². The van der Waals surface area contributed by atoms with Crippen LogP contribution in [0.2, 0.25) is 5.02 Å². The second-order valence-corrected chi connectivity index (χ2v) is 10.2. The molecule has 4 heterocycles. The highest BCUT2D eigenvalue weighted by atomic mass is 35.5. The number of nitrogens with one attached hydrogen (secondary N) is 1. The lowest BCUT2D eigenvalue weighted by atomic mass is 10.1. The topological polar surface area (TPSA) is 119 Å². The number of nitrogens with zero attached hydrogens (tertiary/aromatic N) is 5. The highest BCUT2D eigenvalue weighted by Gasteiger charge is 2.29. The smallest absolute Gasteiger partial charge is 0.257 e. The summed E-state index contributed by atoms with van der Waals surface area (Å²) >= 11 is 6.12. The number of amides is 1. The van der Waals surface area contributed by atoms with Gasteiger partial charge in [-0.3, -0.25) is 14.7 Å². The van der Waals surface area contributed by atoms with Gasteiger partial charge in [0.1, 0.15) is 23.7 Å². The Morgan fingerprint density at radius 2 is 2.08 bits per heavy atom. The van der Waals surface area contributed by atoms with Gasteiger partial charge in [-0.2, -0.15) is 0 Å². The number of likely N-dealkylation sites (N-methyl/N-ethyl adjacent to an activating group) is 1. The Kier molecular flexibility index (Phi) is 8.51. The summed E-state index contributed by atoms with van der Waals surface area (Å²) in [5.74, 6) is -0.688. The number of benzene rings is 1. The van der Waals surface area contributed by atoms with Crippen LogP contribution in [0.15, 0.2) is 42.6 Å². The first-order chi connectivity index (χ1) is 18.9. The number of primary amides is 1. The van der Waals surface area contributed by atoms with Crippen LogP contribution in [-0.4, -0.2) is 83.4 Å². The molecule has 12 heteroatoms. The summed E-state index contributed by atoms with van der Waals surface area (Å²) in [6.45, 7) is 4.27. The maximum atomic E-state index is 14.6. The van der Waals surface area contributed by atoms with Gasteiger partial charge in [0.2, 0.25) is 5.91 Å². The summed E-state index contributed by atoms with van der Waals surface area (Å²) in [5, 5.41) is 12.1. The Morgan fingerprint density at radius 3 is 2.87 bits per heavy atom. The molecule has 5 rings (SSSR count). The fourth-order valence-electron chi connectivity index (χ4n) is 4.81. The quantitative estimate of drug-likeness (QED) is 0.431. The Balaban J connectivity index is 1.47. The monoisotopic (exact) mass is 555 g/mol. The molecule has 2 aliphatic rings. The molecule has 0 aliphatic carbocycles. The lowest BCUT2D eigenvalue weighted by Crippen LogP contribution is -2.40. The van der Waals surface area contributed by atoms with Crippen molar-refractivity contribution in [1.82, 2.24) is 25.0 Å². The standard InChI is InChI=1S/C27H31ClFN7O3/c1-35-8-2-9-36(11-10-35)25(26(30)37)23-14-18(5-7-31-23)32-24-15-22(20-13-17(28)3-4-21(20)29)33-34-27(24)39-19-6-12-38-16-19/h3-5,7,13-15,19,25H,2,6,8-12,16H2,1H3,(H2,30,37)(H,31,32,33). The molecule has 206 valence electrons. The van der Waals surface area contributed by atoms with Crippen LogP contribution in [0, 0.1) is 5.82 Å². The number of anilines is 2. The molecule has 1 amide bonds. The van der Waals surface area contributed by atoms with Crippen LogP contribution in [0.4, 0.5) is 15.8 Å². The molecule has 2 atom stereocenters. The van der Waals surface area contributed by atoms with E-state index in [0.717, 1.165) is 32.5 Å². The Hall–Kier alpha value is -3.38. The van der Waals surface area contributed by atoms with Crippen molar-refractivity contribution >= 4 is 28.9 Å². The molecular weight excluding hydrogens is 525 g/mol. The lowest BCUT2D eigenvalue weighted by molar-refractivity contribution is -0.123. The van der Waals surface area contributed by atoms with Crippen LogP contribution in [0.1, 0.15) is 24.6 Å². The average molecular weight is 556 g/mol. The fraction of sp³-hybridized carbons (Fsp3) is 0.407. The summed E-state index contributed by atoms with van der Waals surface area (Å²) in [6.07, 6.45) is 3.09. The second kappa shape index (κ2) is 12.2. The van der Waals surface area contributed by atoms with Crippen LogP contribution >= 0.6 is 11.6 Å². The van der Waals surface area contributed by atoms with Crippen LogP contribution < -0.4 is 15.8 Å². The molecule has 0 bridgehead atoms. The molecule has 3 aromatic rings. The first-order valence-corrected chi connectivity index (χ1v) is 13.3. The Morgan fingerprint density at radius 1 is 1.21 bits per heavy atom. The van der Waals surface area contributed by atoms with E-state index in [4.69, 9.17) is 26.8 Å². The van der Waals surface area contributed by atoms with E-state index in [2.05, 4.69) is 37.3 Å². The van der Waals surface area contributed by atoms with Crippen molar-refractivity contribution in [2.75, 3.05) is 51.8 Å². The molecule has 0 saturated carbocycles. The zero-order valence-corrected chi connectivity index (χ0v) is 22.4. The predicted molar refractivity (Wildman–Crippen MR) is 145 cm³/mol. The second-order valence-electron chi connectivity index (χ2n) is 9.77. The van der Waals surface area contributed by atoms with E-state index in [9.17, 15) is 9.18 Å². The normalized spacial score (nSPS) is 19.4. The molecule has 2 aliphatic heterocycles. The lowest BCUT2D eigenvalue weighted by Gasteiger charge is -2.28. The Bertz CT molecular complexity index is 1320. The van der Waals surface area contributed by atoms with Crippen molar-refractivity contribution in [3.63, 3.8) is 0 Å². The third-order valence-electron chi connectivity index (χ3n) is 6.86. The fourth-order valence-corrected chi connectivity index (χ4v) is 4.99. The highest BCUT2D eigenvalue weighted by Crippen LogP contribution is 2.33. The number of halogens is 2. The molecule has 3 N–H and O–H groups in total. The van der Waals surface area contributed by atoms with Crippen LogP contribution in [-0.2, 0) is 9.53 Å². The molecular formula is C27H31ClFN7O3. The first-order valence-electron chi connectivity index (χ1n) is 12.9. The number of hydrogen-bond donors (Lipinski definition) is 2. The van der Waals surface area contributed by atoms with Crippen molar-refractivity contribution in [2.45, 2.75) is 25.0 Å². The number of aromatic nitrogens is 3. The van der Waals surface area contributed by atoms with Crippen molar-refractivity contribution in [3.05, 3.63) is 59.1 Å². The van der Waals surface area contributed by atoms with Gasteiger partial charge < -0.3 is 25.4 Å². The molecule has 2 fully saturated rings. The summed E-state index contributed by atoms with van der Waals surface area (Å²) in [6, 6.07) is 8.79. The van der Waals surface area contributed by atoms with E-state index >= 15 is 0 Å². The summed E-state index contributed by atoms with van der Waals surface area (Å²) in [5.41, 5.74) is 8.00. The van der Waals surface area contributed by atoms with Gasteiger partial charge in [0.15, 0.2) is 0 Å². The average Bonchev–Trinajstić information content (AvgIpc) is 3.34. The van der Waals surface area contributed by atoms with Gasteiger partial charge in [0, 0.05) is 48.5 Å². The van der Waals surface area contributed by atoms with Gasteiger partial charge in [0.05, 0.1) is 24.6 Å². The summed E-state index contributed by atoms with van der Waals surface area (Å²) in [4.78, 5) is 21.4. The molecule has 39 heavy (non-hydrogen) atoms. The van der Waals surface area contributed by atoms with E-state index in [1.54, 1.807) is 24.4 Å². The van der Waals surface area contributed by atoms with Crippen LogP contribution in [0.3, 0.4) is 0 Å². The van der Waals surface area contributed by atoms with Gasteiger partial charge >= 0.3 is 0 Å². The molecule has 10 nitrogen and oxygen atoms in total. The molecule has 1 aromatic carbocycles. The maximum absolute atomic E-state index is 14.6. The van der Waals surface area contributed by atoms with Gasteiger partial charge in [-0.05, 0) is 56.4 Å². The van der Waals surface area contributed by atoms with E-state index in [1.165, 1.54) is 18.2 Å². The van der Waals surface area contributed by atoms with Gasteiger partial charge in [-0.15, -0.1) is 10.2 Å². The van der Waals surface area contributed by atoms with Gasteiger partial charge in [-0.1, -0.05) is 11.6 Å². The van der Waals surface area contributed by atoms with E-state index < -0.39 is 17.8 Å². The minimum atomic E-state index is -0.670. The van der Waals surface area contributed by atoms with Crippen molar-refractivity contribution in [1.29, 1.82) is 0 Å². The number of rotatable bonds is 8. The number of carbonyl (C=O) groups is 1. The van der Waals surface area contributed by atoms with Gasteiger partial charge in [0.25, 0.3) is 5.88 Å². The Labute approximate surface area is 231 Å². The van der Waals surface area contributed by atoms with E-state index in [1.807, 2.05) is 0 Å². The largest absolute Gasteiger partial charge is 0.469 e. The molecule has 0 radical (unpaired) electrons. The van der Waals surface area contributed by atoms with Crippen LogP contribution in [0.5, 0.6) is 5.88 Å². The first kappa shape index (κ1) is 27.2. The minimum absolute atomic E-state index is 0.179. The molecule has 2 aromatic heterocycles. The minimum Gasteiger partial charge on any atom is -0.469 e. The van der Waals surface area contributed by atoms with Crippen molar-refractivity contribution in [3.8, 4) is 17.1 Å². The molecule has 2 unspecified atom stereocenters. The SMILES string of the molecule is CN1CCCN(C(C(N)=O)c2cc(Nc3cc(-c4cc(Cl)ccc4F)nnc3OC3CCOC3)ccn2)CC1. The summed E-state index contributed by atoms with van der Waals surface area (Å²) in [7, 11) is 2.06.